The van der Waals surface area contributed by atoms with Crippen LogP contribution in [0.3, 0.4) is 0 Å². The maximum Gasteiger partial charge on any atom is 0.253 e. The number of benzene rings is 1. The number of carbonyl (C=O) groups excluding carboxylic acids is 1. The van der Waals surface area contributed by atoms with Crippen molar-refractivity contribution in [2.24, 2.45) is 7.05 Å². The van der Waals surface area contributed by atoms with E-state index in [9.17, 15) is 9.90 Å². The zero-order valence-electron chi connectivity index (χ0n) is 13.6. The van der Waals surface area contributed by atoms with Gasteiger partial charge in [-0.25, -0.2) is 0 Å². The van der Waals surface area contributed by atoms with E-state index in [-0.39, 0.29) is 11.7 Å². The molecule has 23 heavy (non-hydrogen) atoms. The number of fused-ring (bicyclic) bond motifs is 1. The van der Waals surface area contributed by atoms with Crippen molar-refractivity contribution in [3.63, 3.8) is 0 Å². The van der Waals surface area contributed by atoms with E-state index in [1.54, 1.807) is 12.1 Å². The molecule has 0 bridgehead atoms. The Balaban J connectivity index is 1.73. The van der Waals surface area contributed by atoms with Crippen LogP contribution >= 0.6 is 0 Å². The number of aryl methyl sites for hydroxylation is 1. The third kappa shape index (κ3) is 3.18. The number of nitrogens with zero attached hydrogens (tertiary/aromatic N) is 2. The maximum absolute atomic E-state index is 12.6. The van der Waals surface area contributed by atoms with Crippen LogP contribution in [0.2, 0.25) is 0 Å². The molecule has 1 amide bonds. The fraction of sp³-hybridized carbons (Fsp3) is 0.471. The summed E-state index contributed by atoms with van der Waals surface area (Å²) in [5, 5.41) is 13.5. The number of phenols is 1. The molecule has 0 radical (unpaired) electrons. The largest absolute Gasteiger partial charge is 0.508 e. The summed E-state index contributed by atoms with van der Waals surface area (Å²) >= 11 is 0. The van der Waals surface area contributed by atoms with Crippen molar-refractivity contribution < 1.29 is 14.6 Å². The molecule has 0 saturated carbocycles. The van der Waals surface area contributed by atoms with E-state index in [0.717, 1.165) is 49.4 Å². The highest BCUT2D eigenvalue weighted by Gasteiger charge is 2.19. The average Bonchev–Trinajstić information content (AvgIpc) is 2.79. The fourth-order valence-corrected chi connectivity index (χ4v) is 3.09. The molecule has 0 unspecified atom stereocenters. The van der Waals surface area contributed by atoms with E-state index in [4.69, 9.17) is 4.74 Å². The predicted molar refractivity (Wildman–Crippen MR) is 88.9 cm³/mol. The number of hydrogen-bond acceptors (Lipinski definition) is 4. The van der Waals surface area contributed by atoms with Gasteiger partial charge in [0, 0.05) is 49.8 Å². The number of morpholine rings is 1. The Hall–Kier alpha value is -2.05. The molecule has 0 atom stereocenters. The van der Waals surface area contributed by atoms with Crippen molar-refractivity contribution in [3.8, 4) is 5.75 Å². The molecule has 0 aliphatic carbocycles. The van der Waals surface area contributed by atoms with Crippen LogP contribution in [0, 0.1) is 6.92 Å². The smallest absolute Gasteiger partial charge is 0.253 e. The molecule has 1 aliphatic heterocycles. The third-order valence-corrected chi connectivity index (χ3v) is 4.52. The molecule has 6 heteroatoms. The molecule has 3 rings (SSSR count). The van der Waals surface area contributed by atoms with Gasteiger partial charge in [0.15, 0.2) is 0 Å². The summed E-state index contributed by atoms with van der Waals surface area (Å²) in [7, 11) is 1.93. The minimum absolute atomic E-state index is 0.0908. The lowest BCUT2D eigenvalue weighted by Gasteiger charge is -2.26. The molecule has 124 valence electrons. The Labute approximate surface area is 135 Å². The Bertz CT molecular complexity index is 717. The molecule has 2 N–H and O–H groups in total. The van der Waals surface area contributed by atoms with Gasteiger partial charge in [-0.2, -0.15) is 0 Å². The van der Waals surface area contributed by atoms with Crippen molar-refractivity contribution in [2.45, 2.75) is 6.92 Å². The third-order valence-electron chi connectivity index (χ3n) is 4.52. The topological polar surface area (TPSA) is 66.7 Å². The van der Waals surface area contributed by atoms with Crippen molar-refractivity contribution >= 4 is 16.8 Å². The molecule has 2 aromatic rings. The van der Waals surface area contributed by atoms with Crippen molar-refractivity contribution in [1.82, 2.24) is 14.8 Å². The Morgan fingerprint density at radius 2 is 2.09 bits per heavy atom. The second-order valence-corrected chi connectivity index (χ2v) is 5.93. The molecule has 1 aromatic heterocycles. The fourth-order valence-electron chi connectivity index (χ4n) is 3.09. The minimum Gasteiger partial charge on any atom is -0.508 e. The number of phenolic OH excluding ortho intramolecular Hbond substituents is 1. The molecular formula is C17H23N3O3. The first-order valence-electron chi connectivity index (χ1n) is 7.94. The van der Waals surface area contributed by atoms with Crippen LogP contribution in [0.25, 0.3) is 10.9 Å². The molecular weight excluding hydrogens is 294 g/mol. The summed E-state index contributed by atoms with van der Waals surface area (Å²) in [6, 6.07) is 5.13. The van der Waals surface area contributed by atoms with Crippen LogP contribution in [0.5, 0.6) is 5.75 Å². The number of rotatable bonds is 4. The number of aromatic nitrogens is 1. The van der Waals surface area contributed by atoms with Gasteiger partial charge in [-0.15, -0.1) is 0 Å². The minimum atomic E-state index is -0.0908. The Morgan fingerprint density at radius 1 is 1.35 bits per heavy atom. The van der Waals surface area contributed by atoms with Gasteiger partial charge in [0.05, 0.1) is 18.8 Å². The first-order chi connectivity index (χ1) is 11.1. The summed E-state index contributed by atoms with van der Waals surface area (Å²) < 4.78 is 7.30. The molecule has 2 heterocycles. The van der Waals surface area contributed by atoms with Crippen LogP contribution < -0.4 is 5.32 Å². The predicted octanol–water partition coefficient (Wildman–Crippen LogP) is 1.25. The van der Waals surface area contributed by atoms with E-state index in [1.807, 2.05) is 24.6 Å². The van der Waals surface area contributed by atoms with Gasteiger partial charge in [-0.1, -0.05) is 0 Å². The van der Waals surface area contributed by atoms with E-state index >= 15 is 0 Å². The van der Waals surface area contributed by atoms with Gasteiger partial charge >= 0.3 is 0 Å². The van der Waals surface area contributed by atoms with Crippen LogP contribution in [0.4, 0.5) is 0 Å². The van der Waals surface area contributed by atoms with Gasteiger partial charge in [0.1, 0.15) is 5.75 Å². The van der Waals surface area contributed by atoms with Crippen LogP contribution in [0.1, 0.15) is 16.1 Å². The van der Waals surface area contributed by atoms with E-state index in [0.29, 0.717) is 12.1 Å². The molecule has 1 aromatic carbocycles. The summed E-state index contributed by atoms with van der Waals surface area (Å²) in [6.07, 6.45) is 0. The number of nitrogens with one attached hydrogen (secondary N) is 1. The molecule has 1 aliphatic rings. The molecule has 1 fully saturated rings. The van der Waals surface area contributed by atoms with Crippen LogP contribution in [-0.4, -0.2) is 59.9 Å². The van der Waals surface area contributed by atoms with E-state index in [1.165, 1.54) is 0 Å². The number of amides is 1. The highest BCUT2D eigenvalue weighted by molar-refractivity contribution is 6.08. The van der Waals surface area contributed by atoms with Crippen molar-refractivity contribution in [1.29, 1.82) is 0 Å². The molecule has 1 saturated heterocycles. The zero-order chi connectivity index (χ0) is 16.4. The average molecular weight is 317 g/mol. The normalized spacial score (nSPS) is 15.9. The lowest BCUT2D eigenvalue weighted by Crippen LogP contribution is -2.41. The second-order valence-electron chi connectivity index (χ2n) is 5.93. The van der Waals surface area contributed by atoms with Crippen LogP contribution in [0.15, 0.2) is 18.2 Å². The van der Waals surface area contributed by atoms with Crippen molar-refractivity contribution in [2.75, 3.05) is 39.4 Å². The first kappa shape index (κ1) is 15.8. The molecule has 6 nitrogen and oxygen atoms in total. The van der Waals surface area contributed by atoms with Gasteiger partial charge in [0.25, 0.3) is 5.91 Å². The van der Waals surface area contributed by atoms with Crippen LogP contribution in [-0.2, 0) is 11.8 Å². The maximum atomic E-state index is 12.6. The standard InChI is InChI=1S/C17H23N3O3/c1-12-16(14-11-13(21)3-4-15(14)19(12)2)17(22)18-5-6-20-7-9-23-10-8-20/h3-4,11,21H,5-10H2,1-2H3,(H,18,22). The van der Waals surface area contributed by atoms with Crippen molar-refractivity contribution in [3.05, 3.63) is 29.5 Å². The van der Waals surface area contributed by atoms with E-state index < -0.39 is 0 Å². The Morgan fingerprint density at radius 3 is 2.83 bits per heavy atom. The quantitative estimate of drug-likeness (QED) is 0.891. The van der Waals surface area contributed by atoms with Gasteiger partial charge in [-0.05, 0) is 25.1 Å². The van der Waals surface area contributed by atoms with Gasteiger partial charge < -0.3 is 19.7 Å². The zero-order valence-corrected chi connectivity index (χ0v) is 13.6. The van der Waals surface area contributed by atoms with E-state index in [2.05, 4.69) is 10.2 Å². The second kappa shape index (κ2) is 6.60. The number of ether oxygens (including phenoxy) is 1. The Kier molecular flexibility index (Phi) is 4.54. The van der Waals surface area contributed by atoms with Gasteiger partial charge in [0.2, 0.25) is 0 Å². The number of carbonyl (C=O) groups is 1. The SMILES string of the molecule is Cc1c(C(=O)NCCN2CCOCC2)c2cc(O)ccc2n1C. The number of hydrogen-bond donors (Lipinski definition) is 2. The monoisotopic (exact) mass is 317 g/mol. The first-order valence-corrected chi connectivity index (χ1v) is 7.94. The summed E-state index contributed by atoms with van der Waals surface area (Å²) in [4.78, 5) is 14.9. The summed E-state index contributed by atoms with van der Waals surface area (Å²) in [5.74, 6) is 0.0810. The lowest BCUT2D eigenvalue weighted by atomic mass is 10.1. The lowest BCUT2D eigenvalue weighted by molar-refractivity contribution is 0.0383. The number of aromatic hydroxyl groups is 1. The highest BCUT2D eigenvalue weighted by Crippen LogP contribution is 2.28. The van der Waals surface area contributed by atoms with Gasteiger partial charge in [-0.3, -0.25) is 9.69 Å². The summed E-state index contributed by atoms with van der Waals surface area (Å²) in [5.41, 5.74) is 2.48. The summed E-state index contributed by atoms with van der Waals surface area (Å²) in [6.45, 7) is 6.70. The molecule has 0 spiro atoms. The highest BCUT2D eigenvalue weighted by atomic mass is 16.5.